The number of hydrogen-bond donors (Lipinski definition) is 2. The van der Waals surface area contributed by atoms with Crippen LogP contribution in [0.1, 0.15) is 74.2 Å². The van der Waals surface area contributed by atoms with Crippen LogP contribution in [-0.4, -0.2) is 56.5 Å². The predicted octanol–water partition coefficient (Wildman–Crippen LogP) is 8.11. The maximum atomic E-state index is 12.7. The molecule has 0 spiro atoms. The van der Waals surface area contributed by atoms with E-state index in [4.69, 9.17) is 28.9 Å². The molecule has 2 N–H and O–H groups in total. The standard InChI is InChI=1S/C40H50N4O5S/c1-25(37-16-31(24-50-37)32-8-6-5-7-30(32)23-41-3)42-39-33-17-35(46-4)36(18-34(33)43-26(2)44-39)48-11-9-47-10-12-49-38(45)22-40-19-27-13-28(20-40)15-29(14-27)21-40/h5-8,16-18,24-25,27-29,41H,9-15,19-23H2,1-4H3,(H,42,43,44)/t25-,27?,28?,29?,40?/m0/s1. The van der Waals surface area contributed by atoms with Gasteiger partial charge in [0.1, 0.15) is 24.9 Å². The first-order chi connectivity index (χ1) is 24.3. The van der Waals surface area contributed by atoms with Gasteiger partial charge in [-0.1, -0.05) is 24.3 Å². The van der Waals surface area contributed by atoms with Crippen LogP contribution in [0, 0.1) is 30.1 Å². The Balaban J connectivity index is 0.914. The smallest absolute Gasteiger partial charge is 0.306 e. The number of esters is 1. The fourth-order valence-electron chi connectivity index (χ4n) is 9.17. The zero-order chi connectivity index (χ0) is 34.7. The number of carbonyl (C=O) groups is 1. The predicted molar refractivity (Wildman–Crippen MR) is 198 cm³/mol. The molecule has 4 aromatic rings. The number of nitrogens with zero attached hydrogens (tertiary/aromatic N) is 2. The van der Waals surface area contributed by atoms with Gasteiger partial charge in [-0.05, 0) is 117 Å². The lowest BCUT2D eigenvalue weighted by atomic mass is 9.49. The van der Waals surface area contributed by atoms with E-state index in [0.717, 1.165) is 41.0 Å². The molecule has 1 atom stereocenters. The fourth-order valence-corrected chi connectivity index (χ4v) is 10.1. The van der Waals surface area contributed by atoms with Crippen LogP contribution in [0.3, 0.4) is 0 Å². The maximum Gasteiger partial charge on any atom is 0.306 e. The van der Waals surface area contributed by atoms with E-state index in [9.17, 15) is 4.79 Å². The van der Waals surface area contributed by atoms with E-state index in [1.54, 1.807) is 18.4 Å². The zero-order valence-corrected chi connectivity index (χ0v) is 30.6. The SMILES string of the molecule is CNCc1ccccc1-c1csc([C@H](C)Nc2nc(C)nc3cc(OCCOCCOC(=O)CC45CC6CC(CC(C6)C4)C5)c(OC)cc23)c1. The molecule has 8 rings (SSSR count). The van der Waals surface area contributed by atoms with Gasteiger partial charge >= 0.3 is 5.97 Å². The monoisotopic (exact) mass is 698 g/mol. The third-order valence-electron chi connectivity index (χ3n) is 10.8. The van der Waals surface area contributed by atoms with Gasteiger partial charge in [-0.2, -0.15) is 0 Å². The average molecular weight is 699 g/mol. The van der Waals surface area contributed by atoms with Crippen molar-refractivity contribution in [1.82, 2.24) is 15.3 Å². The van der Waals surface area contributed by atoms with Crippen LogP contribution >= 0.6 is 11.3 Å². The summed E-state index contributed by atoms with van der Waals surface area (Å²) in [6.07, 6.45) is 8.35. The summed E-state index contributed by atoms with van der Waals surface area (Å²) in [7, 11) is 3.60. The van der Waals surface area contributed by atoms with Crippen molar-refractivity contribution in [2.45, 2.75) is 71.4 Å². The Labute approximate surface area is 299 Å². The van der Waals surface area contributed by atoms with Gasteiger partial charge in [0.2, 0.25) is 0 Å². The highest BCUT2D eigenvalue weighted by Gasteiger charge is 2.51. The molecule has 50 heavy (non-hydrogen) atoms. The van der Waals surface area contributed by atoms with Gasteiger partial charge in [0.15, 0.2) is 11.5 Å². The van der Waals surface area contributed by atoms with E-state index in [-0.39, 0.29) is 24.0 Å². The number of benzene rings is 2. The molecule has 4 aliphatic rings. The van der Waals surface area contributed by atoms with Gasteiger partial charge in [0.25, 0.3) is 0 Å². The van der Waals surface area contributed by atoms with Gasteiger partial charge in [-0.15, -0.1) is 11.3 Å². The topological polar surface area (TPSA) is 104 Å². The molecule has 4 saturated carbocycles. The minimum absolute atomic E-state index is 0.0261. The minimum atomic E-state index is -0.0701. The number of thiophene rings is 1. The second-order valence-electron chi connectivity index (χ2n) is 14.7. The van der Waals surface area contributed by atoms with E-state index in [2.05, 4.69) is 53.3 Å². The van der Waals surface area contributed by atoms with Gasteiger partial charge in [0.05, 0.1) is 38.3 Å². The van der Waals surface area contributed by atoms with Crippen molar-refractivity contribution in [2.24, 2.45) is 23.2 Å². The first-order valence-corrected chi connectivity index (χ1v) is 19.0. The lowest BCUT2D eigenvalue weighted by Gasteiger charge is -2.56. The van der Waals surface area contributed by atoms with Crippen LogP contribution in [0.15, 0.2) is 47.8 Å². The van der Waals surface area contributed by atoms with Crippen molar-refractivity contribution >= 4 is 34.0 Å². The summed E-state index contributed by atoms with van der Waals surface area (Å²) >= 11 is 1.74. The number of carbonyl (C=O) groups excluding carboxylic acids is 1. The fraction of sp³-hybridized carbons (Fsp3) is 0.525. The van der Waals surface area contributed by atoms with Gasteiger partial charge in [-0.25, -0.2) is 9.97 Å². The van der Waals surface area contributed by atoms with Crippen molar-refractivity contribution in [3.05, 3.63) is 64.1 Å². The number of fused-ring (bicyclic) bond motifs is 1. The van der Waals surface area contributed by atoms with Crippen molar-refractivity contribution in [2.75, 3.05) is 45.9 Å². The number of nitrogens with one attached hydrogen (secondary N) is 2. The minimum Gasteiger partial charge on any atom is -0.493 e. The Morgan fingerprint density at radius 3 is 2.46 bits per heavy atom. The van der Waals surface area contributed by atoms with Gasteiger partial charge in [0, 0.05) is 22.9 Å². The third-order valence-corrected chi connectivity index (χ3v) is 12.0. The molecular weight excluding hydrogens is 649 g/mol. The number of aryl methyl sites for hydroxylation is 1. The first kappa shape index (κ1) is 34.7. The number of anilines is 1. The average Bonchev–Trinajstić information content (AvgIpc) is 3.58. The van der Waals surface area contributed by atoms with Gasteiger partial charge in [-0.3, -0.25) is 4.79 Å². The van der Waals surface area contributed by atoms with E-state index in [1.807, 2.05) is 26.1 Å². The summed E-state index contributed by atoms with van der Waals surface area (Å²) in [6.45, 7) is 6.17. The molecule has 0 radical (unpaired) electrons. The van der Waals surface area contributed by atoms with E-state index in [0.29, 0.717) is 43.6 Å². The van der Waals surface area contributed by atoms with Crippen LogP contribution in [0.2, 0.25) is 0 Å². The van der Waals surface area contributed by atoms with Gasteiger partial charge < -0.3 is 29.6 Å². The first-order valence-electron chi connectivity index (χ1n) is 18.1. The lowest BCUT2D eigenvalue weighted by Crippen LogP contribution is -2.47. The number of rotatable bonds is 16. The molecule has 4 bridgehead atoms. The Morgan fingerprint density at radius 1 is 0.980 bits per heavy atom. The normalized spacial score (nSPS) is 22.8. The molecule has 0 unspecified atom stereocenters. The van der Waals surface area contributed by atoms with E-state index < -0.39 is 0 Å². The number of aromatic nitrogens is 2. The molecular formula is C40H50N4O5S. The van der Waals surface area contributed by atoms with Crippen molar-refractivity contribution < 1.29 is 23.7 Å². The summed E-state index contributed by atoms with van der Waals surface area (Å²) in [4.78, 5) is 23.4. The number of ether oxygens (including phenoxy) is 4. The second kappa shape index (κ2) is 15.3. The van der Waals surface area contributed by atoms with Crippen LogP contribution in [0.25, 0.3) is 22.0 Å². The second-order valence-corrected chi connectivity index (χ2v) is 15.6. The Kier molecular flexibility index (Phi) is 10.6. The quantitative estimate of drug-likeness (QED) is 0.0887. The Bertz CT molecular complexity index is 1770. The Hall–Kier alpha value is -3.73. The third kappa shape index (κ3) is 7.77. The van der Waals surface area contributed by atoms with E-state index in [1.165, 1.54) is 60.1 Å². The van der Waals surface area contributed by atoms with Crippen LogP contribution in [-0.2, 0) is 20.8 Å². The summed E-state index contributed by atoms with van der Waals surface area (Å²) in [6, 6.07) is 14.6. The van der Waals surface area contributed by atoms with E-state index >= 15 is 0 Å². The lowest BCUT2D eigenvalue weighted by molar-refractivity contribution is -0.153. The molecule has 4 aliphatic carbocycles. The highest BCUT2D eigenvalue weighted by Crippen LogP contribution is 2.61. The summed E-state index contributed by atoms with van der Waals surface area (Å²) in [5.41, 5.74) is 4.70. The molecule has 10 heteroatoms. The summed E-state index contributed by atoms with van der Waals surface area (Å²) < 4.78 is 23.2. The Morgan fingerprint density at radius 2 is 1.72 bits per heavy atom. The largest absolute Gasteiger partial charge is 0.493 e. The molecule has 2 aromatic heterocycles. The van der Waals surface area contributed by atoms with Crippen molar-refractivity contribution in [1.29, 1.82) is 0 Å². The summed E-state index contributed by atoms with van der Waals surface area (Å²) in [5.74, 6) is 5.03. The molecule has 2 aromatic carbocycles. The molecule has 0 saturated heterocycles. The molecule has 2 heterocycles. The molecule has 4 fully saturated rings. The highest BCUT2D eigenvalue weighted by molar-refractivity contribution is 7.10. The van der Waals surface area contributed by atoms with Crippen molar-refractivity contribution in [3.8, 4) is 22.6 Å². The highest BCUT2D eigenvalue weighted by atomic mass is 32.1. The van der Waals surface area contributed by atoms with Crippen molar-refractivity contribution in [3.63, 3.8) is 0 Å². The summed E-state index contributed by atoms with van der Waals surface area (Å²) in [5, 5.41) is 9.97. The zero-order valence-electron chi connectivity index (χ0n) is 29.8. The molecule has 0 aliphatic heterocycles. The van der Waals surface area contributed by atoms with Crippen LogP contribution in [0.4, 0.5) is 5.82 Å². The maximum absolute atomic E-state index is 12.7. The number of methoxy groups -OCH3 is 1. The molecule has 0 amide bonds. The molecule has 9 nitrogen and oxygen atoms in total. The van der Waals surface area contributed by atoms with Crippen LogP contribution < -0.4 is 20.1 Å². The molecule has 266 valence electrons. The number of hydrogen-bond acceptors (Lipinski definition) is 10. The van der Waals surface area contributed by atoms with Crippen LogP contribution in [0.5, 0.6) is 11.5 Å².